The first kappa shape index (κ1) is 18.1. The van der Waals surface area contributed by atoms with E-state index < -0.39 is 23.4 Å². The SMILES string of the molecule is O=C(Nc1ccc2c(c1)N(C(=O)c1cccs1)CC2)Nc1c(F)cccc1F. The number of para-hydroxylation sites is 1. The molecule has 1 aromatic heterocycles. The fraction of sp³-hybridized carbons (Fsp3) is 0.100. The van der Waals surface area contributed by atoms with Gasteiger partial charge in [-0.2, -0.15) is 0 Å². The number of hydrogen-bond donors (Lipinski definition) is 2. The van der Waals surface area contributed by atoms with E-state index in [1.54, 1.807) is 23.1 Å². The predicted octanol–water partition coefficient (Wildman–Crippen LogP) is 4.87. The van der Waals surface area contributed by atoms with Gasteiger partial charge in [0.15, 0.2) is 0 Å². The number of carbonyl (C=O) groups excluding carboxylic acids is 2. The molecule has 0 spiro atoms. The van der Waals surface area contributed by atoms with Crippen molar-refractivity contribution in [2.24, 2.45) is 0 Å². The van der Waals surface area contributed by atoms with Crippen molar-refractivity contribution in [3.8, 4) is 0 Å². The first-order valence-electron chi connectivity index (χ1n) is 8.53. The molecule has 8 heteroatoms. The summed E-state index contributed by atoms with van der Waals surface area (Å²) in [6.45, 7) is 0.558. The quantitative estimate of drug-likeness (QED) is 0.660. The first-order chi connectivity index (χ1) is 13.5. The number of rotatable bonds is 3. The average Bonchev–Trinajstić information content (AvgIpc) is 3.34. The molecule has 1 aliphatic rings. The number of halogens is 2. The smallest absolute Gasteiger partial charge is 0.308 e. The summed E-state index contributed by atoms with van der Waals surface area (Å²) in [5.41, 5.74) is 1.61. The molecule has 0 fully saturated rings. The standard InChI is InChI=1S/C20H15F2N3O2S/c21-14-3-1-4-15(22)18(14)24-20(27)23-13-7-6-12-8-9-25(16(12)11-13)19(26)17-5-2-10-28-17/h1-7,10-11H,8-9H2,(H2,23,24,27). The van der Waals surface area contributed by atoms with Crippen molar-refractivity contribution in [2.45, 2.75) is 6.42 Å². The van der Waals surface area contributed by atoms with Crippen LogP contribution >= 0.6 is 11.3 Å². The fourth-order valence-corrected chi connectivity index (χ4v) is 3.77. The number of carbonyl (C=O) groups is 2. The number of fused-ring (bicyclic) bond motifs is 1. The third-order valence-electron chi connectivity index (χ3n) is 4.42. The summed E-state index contributed by atoms with van der Waals surface area (Å²) in [6, 6.07) is 11.3. The second-order valence-electron chi connectivity index (χ2n) is 6.20. The highest BCUT2D eigenvalue weighted by Crippen LogP contribution is 2.32. The van der Waals surface area contributed by atoms with Crippen LogP contribution in [0.25, 0.3) is 0 Å². The highest BCUT2D eigenvalue weighted by Gasteiger charge is 2.26. The number of nitrogens with one attached hydrogen (secondary N) is 2. The molecule has 5 nitrogen and oxygen atoms in total. The van der Waals surface area contributed by atoms with Gasteiger partial charge in [0.2, 0.25) is 0 Å². The maximum Gasteiger partial charge on any atom is 0.323 e. The van der Waals surface area contributed by atoms with Crippen LogP contribution in [0.1, 0.15) is 15.2 Å². The second kappa shape index (κ2) is 7.40. The van der Waals surface area contributed by atoms with Gasteiger partial charge in [-0.15, -0.1) is 11.3 Å². The number of benzene rings is 2. The highest BCUT2D eigenvalue weighted by molar-refractivity contribution is 7.12. The van der Waals surface area contributed by atoms with Crippen LogP contribution in [0.4, 0.5) is 30.6 Å². The van der Waals surface area contributed by atoms with Crippen molar-refractivity contribution in [3.63, 3.8) is 0 Å². The molecule has 0 bridgehead atoms. The number of anilines is 3. The molecular formula is C20H15F2N3O2S. The molecule has 1 aliphatic heterocycles. The Bertz CT molecular complexity index is 1030. The Morgan fingerprint density at radius 1 is 1.00 bits per heavy atom. The summed E-state index contributed by atoms with van der Waals surface area (Å²) in [4.78, 5) is 27.1. The van der Waals surface area contributed by atoms with Gasteiger partial charge in [0.1, 0.15) is 17.3 Å². The Labute approximate surface area is 163 Å². The zero-order valence-electron chi connectivity index (χ0n) is 14.5. The normalized spacial score (nSPS) is 12.6. The zero-order valence-corrected chi connectivity index (χ0v) is 15.4. The van der Waals surface area contributed by atoms with Crippen LogP contribution in [0.5, 0.6) is 0 Å². The largest absolute Gasteiger partial charge is 0.323 e. The van der Waals surface area contributed by atoms with E-state index in [0.29, 0.717) is 22.8 Å². The number of urea groups is 1. The molecule has 142 valence electrons. The zero-order chi connectivity index (χ0) is 19.7. The van der Waals surface area contributed by atoms with Crippen LogP contribution in [0.15, 0.2) is 53.9 Å². The van der Waals surface area contributed by atoms with Crippen LogP contribution in [0.3, 0.4) is 0 Å². The molecule has 0 aliphatic carbocycles. The molecule has 28 heavy (non-hydrogen) atoms. The van der Waals surface area contributed by atoms with Crippen LogP contribution < -0.4 is 15.5 Å². The van der Waals surface area contributed by atoms with Gasteiger partial charge in [-0.25, -0.2) is 13.6 Å². The van der Waals surface area contributed by atoms with Gasteiger partial charge in [0, 0.05) is 17.9 Å². The first-order valence-corrected chi connectivity index (χ1v) is 9.41. The number of hydrogen-bond acceptors (Lipinski definition) is 3. The van der Waals surface area contributed by atoms with E-state index in [1.807, 2.05) is 17.5 Å². The molecule has 3 amide bonds. The van der Waals surface area contributed by atoms with Crippen molar-refractivity contribution < 1.29 is 18.4 Å². The summed E-state index contributed by atoms with van der Waals surface area (Å²) >= 11 is 1.37. The van der Waals surface area contributed by atoms with Crippen LogP contribution in [0.2, 0.25) is 0 Å². The Morgan fingerprint density at radius 2 is 1.79 bits per heavy atom. The maximum absolute atomic E-state index is 13.7. The van der Waals surface area contributed by atoms with Crippen molar-refractivity contribution in [1.29, 1.82) is 0 Å². The Hall–Kier alpha value is -3.26. The molecular weight excluding hydrogens is 384 g/mol. The maximum atomic E-state index is 13.7. The number of nitrogens with zero attached hydrogens (tertiary/aromatic N) is 1. The summed E-state index contributed by atoms with van der Waals surface area (Å²) in [5.74, 6) is -1.82. The number of thiophene rings is 1. The molecule has 0 saturated carbocycles. The van der Waals surface area contributed by atoms with Crippen LogP contribution in [0, 0.1) is 11.6 Å². The predicted molar refractivity (Wildman–Crippen MR) is 105 cm³/mol. The third kappa shape index (κ3) is 3.46. The van der Waals surface area contributed by atoms with Crippen molar-refractivity contribution >= 4 is 40.3 Å². The van der Waals surface area contributed by atoms with Crippen LogP contribution in [-0.4, -0.2) is 18.5 Å². The second-order valence-corrected chi connectivity index (χ2v) is 7.15. The minimum atomic E-state index is -0.864. The summed E-state index contributed by atoms with van der Waals surface area (Å²) in [5, 5.41) is 6.56. The third-order valence-corrected chi connectivity index (χ3v) is 5.27. The van der Waals surface area contributed by atoms with Crippen molar-refractivity contribution in [1.82, 2.24) is 0 Å². The molecule has 0 saturated heterocycles. The van der Waals surface area contributed by atoms with E-state index >= 15 is 0 Å². The molecule has 2 N–H and O–H groups in total. The fourth-order valence-electron chi connectivity index (χ4n) is 3.09. The molecule has 3 aromatic rings. The summed E-state index contributed by atoms with van der Waals surface area (Å²) in [6.07, 6.45) is 0.722. The molecule has 0 unspecified atom stereocenters. The Morgan fingerprint density at radius 3 is 2.50 bits per heavy atom. The molecule has 2 heterocycles. The topological polar surface area (TPSA) is 61.4 Å². The number of amides is 3. The Balaban J connectivity index is 1.52. The lowest BCUT2D eigenvalue weighted by Gasteiger charge is -2.17. The van der Waals surface area contributed by atoms with Crippen LogP contribution in [-0.2, 0) is 6.42 Å². The van der Waals surface area contributed by atoms with Crippen molar-refractivity contribution in [3.05, 3.63) is 76.0 Å². The minimum absolute atomic E-state index is 0.0937. The Kier molecular flexibility index (Phi) is 4.79. The van der Waals surface area contributed by atoms with Gasteiger partial charge < -0.3 is 15.5 Å². The van der Waals surface area contributed by atoms with Gasteiger partial charge >= 0.3 is 6.03 Å². The molecule has 4 rings (SSSR count). The average molecular weight is 399 g/mol. The monoisotopic (exact) mass is 399 g/mol. The van der Waals surface area contributed by atoms with Gasteiger partial charge in [0.25, 0.3) is 5.91 Å². The lowest BCUT2D eigenvalue weighted by molar-refractivity contribution is 0.0993. The minimum Gasteiger partial charge on any atom is -0.308 e. The van der Waals surface area contributed by atoms with E-state index in [2.05, 4.69) is 10.6 Å². The van der Waals surface area contributed by atoms with Gasteiger partial charge in [0.05, 0.1) is 4.88 Å². The lowest BCUT2D eigenvalue weighted by atomic mass is 10.1. The van der Waals surface area contributed by atoms with E-state index in [4.69, 9.17) is 0 Å². The molecule has 2 aromatic carbocycles. The van der Waals surface area contributed by atoms with E-state index in [-0.39, 0.29) is 5.91 Å². The van der Waals surface area contributed by atoms with Crippen molar-refractivity contribution in [2.75, 3.05) is 22.1 Å². The summed E-state index contributed by atoms with van der Waals surface area (Å²) < 4.78 is 27.4. The summed E-state index contributed by atoms with van der Waals surface area (Å²) in [7, 11) is 0. The van der Waals surface area contributed by atoms with Gasteiger partial charge in [-0.3, -0.25) is 4.79 Å². The molecule has 0 radical (unpaired) electrons. The van der Waals surface area contributed by atoms with E-state index in [9.17, 15) is 18.4 Å². The lowest BCUT2D eigenvalue weighted by Crippen LogP contribution is -2.28. The van der Waals surface area contributed by atoms with E-state index in [0.717, 1.165) is 24.1 Å². The van der Waals surface area contributed by atoms with E-state index in [1.165, 1.54) is 17.4 Å². The van der Waals surface area contributed by atoms with Gasteiger partial charge in [-0.1, -0.05) is 18.2 Å². The highest BCUT2D eigenvalue weighted by atomic mass is 32.1. The molecule has 0 atom stereocenters. The van der Waals surface area contributed by atoms with Gasteiger partial charge in [-0.05, 0) is 47.7 Å².